The van der Waals surface area contributed by atoms with Crippen LogP contribution < -0.4 is 14.4 Å². The molecule has 4 aromatic rings. The lowest BCUT2D eigenvalue weighted by molar-refractivity contribution is -0.140. The number of rotatable bonds is 17. The fraction of sp³-hybridized carbons (Fsp3) is 0.297. The molecular formula is C37H42ClN3O5S2. The molecule has 0 heterocycles. The fourth-order valence-corrected chi connectivity index (χ4v) is 7.13. The van der Waals surface area contributed by atoms with E-state index >= 15 is 0 Å². The number of thioether (sulfide) groups is 1. The van der Waals surface area contributed by atoms with Gasteiger partial charge in [0.2, 0.25) is 11.8 Å². The molecule has 2 amide bonds. The Hall–Kier alpha value is -3.99. The number of carbonyl (C=O) groups is 2. The van der Waals surface area contributed by atoms with E-state index in [2.05, 4.69) is 5.32 Å². The lowest BCUT2D eigenvalue weighted by Crippen LogP contribution is -2.53. The average molecular weight is 708 g/mol. The van der Waals surface area contributed by atoms with E-state index < -0.39 is 28.5 Å². The SMILES string of the molecule is CCCCNC(=O)[C@H](Cc1ccccc1)N(Cc1ccc(Cl)cc1)C(=O)CN(c1ccccc1OCC)S(=O)(=O)c1ccc(SC)cc1. The summed E-state index contributed by atoms with van der Waals surface area (Å²) in [7, 11) is -4.27. The Morgan fingerprint density at radius 1 is 0.875 bits per heavy atom. The van der Waals surface area contributed by atoms with Crippen LogP contribution in [0.3, 0.4) is 0 Å². The molecule has 0 spiro atoms. The van der Waals surface area contributed by atoms with Gasteiger partial charge >= 0.3 is 0 Å². The highest BCUT2D eigenvalue weighted by atomic mass is 35.5. The van der Waals surface area contributed by atoms with Crippen molar-refractivity contribution >= 4 is 50.9 Å². The van der Waals surface area contributed by atoms with Crippen LogP contribution in [0.15, 0.2) is 113 Å². The molecule has 4 aromatic carbocycles. The van der Waals surface area contributed by atoms with Gasteiger partial charge in [-0.1, -0.05) is 79.5 Å². The van der Waals surface area contributed by atoms with E-state index in [1.807, 2.05) is 43.5 Å². The van der Waals surface area contributed by atoms with Crippen LogP contribution in [0.5, 0.6) is 5.75 Å². The van der Waals surface area contributed by atoms with Crippen molar-refractivity contribution in [1.82, 2.24) is 10.2 Å². The van der Waals surface area contributed by atoms with Gasteiger partial charge in [-0.05, 0) is 79.3 Å². The molecule has 0 aliphatic heterocycles. The molecule has 1 N–H and O–H groups in total. The van der Waals surface area contributed by atoms with E-state index in [1.54, 1.807) is 67.6 Å². The molecule has 0 radical (unpaired) electrons. The third-order valence-corrected chi connectivity index (χ3v) is 10.5. The summed E-state index contributed by atoms with van der Waals surface area (Å²) >= 11 is 7.67. The molecular weight excluding hydrogens is 666 g/mol. The van der Waals surface area contributed by atoms with Gasteiger partial charge in [-0.2, -0.15) is 0 Å². The van der Waals surface area contributed by atoms with Crippen molar-refractivity contribution in [2.45, 2.75) is 55.5 Å². The first-order chi connectivity index (χ1) is 23.2. The van der Waals surface area contributed by atoms with Crippen molar-refractivity contribution in [1.29, 1.82) is 0 Å². The Bertz CT molecular complexity index is 1740. The monoisotopic (exact) mass is 707 g/mol. The summed E-state index contributed by atoms with van der Waals surface area (Å²) in [6.07, 6.45) is 3.81. The van der Waals surface area contributed by atoms with Crippen molar-refractivity contribution in [2.75, 3.05) is 30.3 Å². The van der Waals surface area contributed by atoms with Gasteiger partial charge in [-0.15, -0.1) is 11.8 Å². The van der Waals surface area contributed by atoms with Crippen LogP contribution in [0.4, 0.5) is 5.69 Å². The first-order valence-electron chi connectivity index (χ1n) is 15.9. The number of nitrogens with zero attached hydrogens (tertiary/aromatic N) is 2. The Kier molecular flexibility index (Phi) is 13.8. The minimum Gasteiger partial charge on any atom is -0.492 e. The molecule has 0 aliphatic carbocycles. The zero-order valence-corrected chi connectivity index (χ0v) is 29.9. The van der Waals surface area contributed by atoms with Gasteiger partial charge in [-0.25, -0.2) is 8.42 Å². The molecule has 0 aromatic heterocycles. The van der Waals surface area contributed by atoms with Gasteiger partial charge < -0.3 is 15.0 Å². The van der Waals surface area contributed by atoms with Crippen molar-refractivity contribution in [2.24, 2.45) is 0 Å². The Labute approximate surface area is 293 Å². The second-order valence-corrected chi connectivity index (χ2v) is 14.3. The largest absolute Gasteiger partial charge is 0.492 e. The molecule has 0 unspecified atom stereocenters. The minimum atomic E-state index is -4.27. The number of halogens is 1. The predicted molar refractivity (Wildman–Crippen MR) is 194 cm³/mol. The number of para-hydroxylation sites is 2. The third kappa shape index (κ3) is 9.78. The van der Waals surface area contributed by atoms with Gasteiger partial charge in [0.1, 0.15) is 18.3 Å². The fourth-order valence-electron chi connectivity index (χ4n) is 5.18. The second-order valence-electron chi connectivity index (χ2n) is 11.1. The van der Waals surface area contributed by atoms with E-state index in [4.69, 9.17) is 16.3 Å². The van der Waals surface area contributed by atoms with Crippen LogP contribution in [0.1, 0.15) is 37.8 Å². The lowest BCUT2D eigenvalue weighted by Gasteiger charge is -2.34. The number of unbranched alkanes of at least 4 members (excludes halogenated alkanes) is 1. The normalized spacial score (nSPS) is 11.8. The summed E-state index contributed by atoms with van der Waals surface area (Å²) in [4.78, 5) is 31.0. The summed E-state index contributed by atoms with van der Waals surface area (Å²) in [5, 5.41) is 3.54. The second kappa shape index (κ2) is 18.0. The molecule has 0 fully saturated rings. The van der Waals surface area contributed by atoms with E-state index in [0.29, 0.717) is 23.9 Å². The van der Waals surface area contributed by atoms with Crippen LogP contribution in [0, 0.1) is 0 Å². The maximum atomic E-state index is 14.7. The van der Waals surface area contributed by atoms with Crippen LogP contribution >= 0.6 is 23.4 Å². The Morgan fingerprint density at radius 3 is 2.19 bits per heavy atom. The van der Waals surface area contributed by atoms with E-state index in [9.17, 15) is 18.0 Å². The van der Waals surface area contributed by atoms with Crippen molar-refractivity contribution in [3.63, 3.8) is 0 Å². The highest BCUT2D eigenvalue weighted by molar-refractivity contribution is 7.98. The maximum Gasteiger partial charge on any atom is 0.264 e. The number of hydrogen-bond donors (Lipinski definition) is 1. The van der Waals surface area contributed by atoms with Crippen LogP contribution in [-0.4, -0.2) is 57.1 Å². The molecule has 0 aliphatic rings. The van der Waals surface area contributed by atoms with Crippen LogP contribution in [0.2, 0.25) is 5.02 Å². The van der Waals surface area contributed by atoms with Gasteiger partial charge in [0.15, 0.2) is 0 Å². The summed E-state index contributed by atoms with van der Waals surface area (Å²) in [6, 6.07) is 28.8. The van der Waals surface area contributed by atoms with Crippen molar-refractivity contribution in [3.05, 3.63) is 119 Å². The van der Waals surface area contributed by atoms with Crippen molar-refractivity contribution in [3.8, 4) is 5.75 Å². The molecule has 11 heteroatoms. The molecule has 0 bridgehead atoms. The molecule has 0 saturated carbocycles. The number of nitrogens with one attached hydrogen (secondary N) is 1. The zero-order chi connectivity index (χ0) is 34.5. The number of amides is 2. The standard InChI is InChI=1S/C37H42ClN3O5S2/c1-4-6-24-39-37(43)34(25-28-12-8-7-9-13-28)40(26-29-16-18-30(38)19-17-29)36(42)27-41(33-14-10-11-15-35(33)46-5-2)48(44,45)32-22-20-31(47-3)21-23-32/h7-23,34H,4-6,24-27H2,1-3H3,(H,39,43)/t34-/m0/s1. The van der Waals surface area contributed by atoms with E-state index in [0.717, 1.165) is 33.2 Å². The van der Waals surface area contributed by atoms with E-state index in [-0.39, 0.29) is 29.5 Å². The molecule has 254 valence electrons. The predicted octanol–water partition coefficient (Wildman–Crippen LogP) is 7.21. The van der Waals surface area contributed by atoms with Gasteiger partial charge in [-0.3, -0.25) is 13.9 Å². The number of sulfonamides is 1. The molecule has 48 heavy (non-hydrogen) atoms. The number of benzene rings is 4. The number of anilines is 1. The molecule has 1 atom stereocenters. The third-order valence-electron chi connectivity index (χ3n) is 7.73. The summed E-state index contributed by atoms with van der Waals surface area (Å²) in [6.45, 7) is 4.07. The van der Waals surface area contributed by atoms with Gasteiger partial charge in [0.05, 0.1) is 17.2 Å². The maximum absolute atomic E-state index is 14.7. The number of hydrogen-bond acceptors (Lipinski definition) is 6. The first kappa shape index (κ1) is 36.8. The summed E-state index contributed by atoms with van der Waals surface area (Å²) in [5.41, 5.74) is 1.83. The van der Waals surface area contributed by atoms with Gasteiger partial charge in [0, 0.05) is 29.4 Å². The van der Waals surface area contributed by atoms with Crippen LogP contribution in [-0.2, 0) is 32.6 Å². The quantitative estimate of drug-likeness (QED) is 0.0921. The summed E-state index contributed by atoms with van der Waals surface area (Å²) in [5.74, 6) is -0.543. The average Bonchev–Trinajstić information content (AvgIpc) is 3.10. The smallest absolute Gasteiger partial charge is 0.264 e. The topological polar surface area (TPSA) is 96.0 Å². The van der Waals surface area contributed by atoms with E-state index in [1.165, 1.54) is 28.8 Å². The Morgan fingerprint density at radius 2 is 1.54 bits per heavy atom. The zero-order valence-electron chi connectivity index (χ0n) is 27.5. The number of carbonyl (C=O) groups excluding carboxylic acids is 2. The lowest BCUT2D eigenvalue weighted by atomic mass is 10.0. The highest BCUT2D eigenvalue weighted by Crippen LogP contribution is 2.33. The highest BCUT2D eigenvalue weighted by Gasteiger charge is 2.35. The molecule has 4 rings (SSSR count). The van der Waals surface area contributed by atoms with Crippen LogP contribution in [0.25, 0.3) is 0 Å². The van der Waals surface area contributed by atoms with Gasteiger partial charge in [0.25, 0.3) is 10.0 Å². The summed E-state index contributed by atoms with van der Waals surface area (Å²) < 4.78 is 35.7. The van der Waals surface area contributed by atoms with Crippen molar-refractivity contribution < 1.29 is 22.7 Å². The first-order valence-corrected chi connectivity index (χ1v) is 19.0. The Balaban J connectivity index is 1.82. The number of ether oxygens (including phenoxy) is 1. The molecule has 0 saturated heterocycles. The molecule has 8 nitrogen and oxygen atoms in total. The minimum absolute atomic E-state index is 0.0294.